The molecule has 0 heterocycles. The second-order valence-electron chi connectivity index (χ2n) is 5.72. The Morgan fingerprint density at radius 1 is 0.962 bits per heavy atom. The van der Waals surface area contributed by atoms with Crippen LogP contribution in [-0.2, 0) is 13.2 Å². The molecule has 0 saturated carbocycles. The van der Waals surface area contributed by atoms with E-state index < -0.39 is 4.92 Å². The summed E-state index contributed by atoms with van der Waals surface area (Å²) in [6.07, 6.45) is 0. The van der Waals surface area contributed by atoms with Gasteiger partial charge < -0.3 is 10.1 Å². The van der Waals surface area contributed by atoms with Gasteiger partial charge in [-0.1, -0.05) is 24.3 Å². The summed E-state index contributed by atoms with van der Waals surface area (Å²) >= 11 is 0. The SMILES string of the molecule is O=[N+]([O-])c1ccc(NCc2cccc(OCc3ccc(F)cc3)c2)cc1. The molecule has 0 amide bonds. The zero-order chi connectivity index (χ0) is 18.4. The fraction of sp³-hybridized carbons (Fsp3) is 0.100. The third-order valence-electron chi connectivity index (χ3n) is 3.79. The van der Waals surface area contributed by atoms with Crippen molar-refractivity contribution in [1.82, 2.24) is 0 Å². The van der Waals surface area contributed by atoms with Crippen LogP contribution in [0.5, 0.6) is 5.75 Å². The lowest BCUT2D eigenvalue weighted by Crippen LogP contribution is -2.01. The molecule has 0 spiro atoms. The van der Waals surface area contributed by atoms with Crippen molar-refractivity contribution < 1.29 is 14.1 Å². The summed E-state index contributed by atoms with van der Waals surface area (Å²) in [6.45, 7) is 0.922. The van der Waals surface area contributed by atoms with E-state index in [-0.39, 0.29) is 11.5 Å². The fourth-order valence-corrected chi connectivity index (χ4v) is 2.40. The van der Waals surface area contributed by atoms with Crippen LogP contribution in [0, 0.1) is 15.9 Å². The van der Waals surface area contributed by atoms with Crippen molar-refractivity contribution in [3.8, 4) is 5.75 Å². The van der Waals surface area contributed by atoms with E-state index in [9.17, 15) is 14.5 Å². The Kier molecular flexibility index (Phi) is 5.43. The molecule has 3 aromatic carbocycles. The summed E-state index contributed by atoms with van der Waals surface area (Å²) in [5.41, 5.74) is 2.76. The monoisotopic (exact) mass is 352 g/mol. The van der Waals surface area contributed by atoms with E-state index in [1.807, 2.05) is 24.3 Å². The second kappa shape index (κ2) is 8.11. The van der Waals surface area contributed by atoms with E-state index in [1.54, 1.807) is 24.3 Å². The largest absolute Gasteiger partial charge is 0.489 e. The van der Waals surface area contributed by atoms with Crippen molar-refractivity contribution in [3.63, 3.8) is 0 Å². The molecule has 1 N–H and O–H groups in total. The molecule has 0 aromatic heterocycles. The van der Waals surface area contributed by atoms with E-state index in [0.717, 1.165) is 22.6 Å². The van der Waals surface area contributed by atoms with E-state index >= 15 is 0 Å². The lowest BCUT2D eigenvalue weighted by Gasteiger charge is -2.10. The maximum Gasteiger partial charge on any atom is 0.269 e. The molecule has 0 bridgehead atoms. The summed E-state index contributed by atoms with van der Waals surface area (Å²) in [5.74, 6) is 0.449. The summed E-state index contributed by atoms with van der Waals surface area (Å²) < 4.78 is 18.6. The number of hydrogen-bond acceptors (Lipinski definition) is 4. The highest BCUT2D eigenvalue weighted by Gasteiger charge is 2.04. The van der Waals surface area contributed by atoms with Gasteiger partial charge in [0.05, 0.1) is 4.92 Å². The van der Waals surface area contributed by atoms with Crippen molar-refractivity contribution in [2.24, 2.45) is 0 Å². The third kappa shape index (κ3) is 4.80. The number of ether oxygens (including phenoxy) is 1. The number of nitro groups is 1. The normalized spacial score (nSPS) is 10.3. The van der Waals surface area contributed by atoms with Crippen molar-refractivity contribution in [3.05, 3.63) is 99.9 Å². The topological polar surface area (TPSA) is 64.4 Å². The Labute approximate surface area is 150 Å². The average Bonchev–Trinajstić information content (AvgIpc) is 2.66. The molecule has 26 heavy (non-hydrogen) atoms. The summed E-state index contributed by atoms with van der Waals surface area (Å²) in [5, 5.41) is 13.9. The number of nitro benzene ring substituents is 1. The van der Waals surface area contributed by atoms with Crippen molar-refractivity contribution in [1.29, 1.82) is 0 Å². The zero-order valence-electron chi connectivity index (χ0n) is 13.9. The highest BCUT2D eigenvalue weighted by atomic mass is 19.1. The van der Waals surface area contributed by atoms with Crippen LogP contribution in [0.3, 0.4) is 0 Å². The molecule has 3 rings (SSSR count). The van der Waals surface area contributed by atoms with Crippen LogP contribution in [0.4, 0.5) is 15.8 Å². The van der Waals surface area contributed by atoms with Crippen LogP contribution in [0.15, 0.2) is 72.8 Å². The summed E-state index contributed by atoms with van der Waals surface area (Å²) in [7, 11) is 0. The molecule has 0 aliphatic rings. The van der Waals surface area contributed by atoms with Crippen LogP contribution in [0.25, 0.3) is 0 Å². The molecule has 3 aromatic rings. The minimum absolute atomic E-state index is 0.0618. The second-order valence-corrected chi connectivity index (χ2v) is 5.72. The smallest absolute Gasteiger partial charge is 0.269 e. The van der Waals surface area contributed by atoms with Gasteiger partial charge in [-0.2, -0.15) is 0 Å². The highest BCUT2D eigenvalue weighted by Crippen LogP contribution is 2.19. The molecule has 0 atom stereocenters. The Balaban J connectivity index is 1.56. The molecule has 6 heteroatoms. The van der Waals surface area contributed by atoms with Gasteiger partial charge >= 0.3 is 0 Å². The molecule has 132 valence electrons. The number of nitrogens with one attached hydrogen (secondary N) is 1. The Morgan fingerprint density at radius 3 is 2.38 bits per heavy atom. The first-order chi connectivity index (χ1) is 12.6. The van der Waals surface area contributed by atoms with Gasteiger partial charge in [0, 0.05) is 24.4 Å². The van der Waals surface area contributed by atoms with Gasteiger partial charge in [-0.15, -0.1) is 0 Å². The number of non-ortho nitro benzene ring substituents is 1. The van der Waals surface area contributed by atoms with Crippen LogP contribution < -0.4 is 10.1 Å². The molecule has 0 aliphatic carbocycles. The Morgan fingerprint density at radius 2 is 1.69 bits per heavy atom. The van der Waals surface area contributed by atoms with E-state index in [1.165, 1.54) is 24.3 Å². The predicted octanol–water partition coefficient (Wildman–Crippen LogP) is 4.93. The van der Waals surface area contributed by atoms with Gasteiger partial charge in [0.2, 0.25) is 0 Å². The van der Waals surface area contributed by atoms with Crippen LogP contribution in [-0.4, -0.2) is 4.92 Å². The van der Waals surface area contributed by atoms with Crippen LogP contribution in [0.1, 0.15) is 11.1 Å². The van der Waals surface area contributed by atoms with Crippen molar-refractivity contribution in [2.45, 2.75) is 13.2 Å². The average molecular weight is 352 g/mol. The number of hydrogen-bond donors (Lipinski definition) is 1. The van der Waals surface area contributed by atoms with Crippen molar-refractivity contribution >= 4 is 11.4 Å². The van der Waals surface area contributed by atoms with Crippen LogP contribution in [0.2, 0.25) is 0 Å². The van der Waals surface area contributed by atoms with Gasteiger partial charge in [0.25, 0.3) is 5.69 Å². The van der Waals surface area contributed by atoms with Gasteiger partial charge in [-0.3, -0.25) is 10.1 Å². The first-order valence-electron chi connectivity index (χ1n) is 8.05. The maximum absolute atomic E-state index is 12.9. The lowest BCUT2D eigenvalue weighted by atomic mass is 10.2. The number of rotatable bonds is 7. The Hall–Kier alpha value is -3.41. The first kappa shape index (κ1) is 17.4. The minimum atomic E-state index is -0.425. The molecule has 0 unspecified atom stereocenters. The molecule has 5 nitrogen and oxygen atoms in total. The van der Waals surface area contributed by atoms with Gasteiger partial charge in [0.15, 0.2) is 0 Å². The lowest BCUT2D eigenvalue weighted by molar-refractivity contribution is -0.384. The first-order valence-corrected chi connectivity index (χ1v) is 8.05. The molecular formula is C20H17FN2O3. The quantitative estimate of drug-likeness (QED) is 0.484. The van der Waals surface area contributed by atoms with E-state index in [4.69, 9.17) is 4.74 Å². The van der Waals surface area contributed by atoms with E-state index in [2.05, 4.69) is 5.32 Å². The van der Waals surface area contributed by atoms with E-state index in [0.29, 0.717) is 13.2 Å². The highest BCUT2D eigenvalue weighted by molar-refractivity contribution is 5.49. The fourth-order valence-electron chi connectivity index (χ4n) is 2.40. The standard InChI is InChI=1S/C20H17FN2O3/c21-17-6-4-15(5-7-17)14-26-20-3-1-2-16(12-20)13-22-18-8-10-19(11-9-18)23(24)25/h1-12,22H,13-14H2. The predicted molar refractivity (Wildman–Crippen MR) is 97.6 cm³/mol. The van der Waals surface area contributed by atoms with Crippen LogP contribution >= 0.6 is 0 Å². The van der Waals surface area contributed by atoms with Gasteiger partial charge in [0.1, 0.15) is 18.2 Å². The van der Waals surface area contributed by atoms with Gasteiger partial charge in [-0.05, 0) is 47.5 Å². The molecule has 0 saturated heterocycles. The van der Waals surface area contributed by atoms with Crippen molar-refractivity contribution in [2.75, 3.05) is 5.32 Å². The summed E-state index contributed by atoms with van der Waals surface area (Å²) in [4.78, 5) is 10.2. The molecular weight excluding hydrogens is 335 g/mol. The Bertz CT molecular complexity index is 880. The molecule has 0 radical (unpaired) electrons. The number of halogens is 1. The zero-order valence-corrected chi connectivity index (χ0v) is 13.9. The minimum Gasteiger partial charge on any atom is -0.489 e. The molecule has 0 fully saturated rings. The summed E-state index contributed by atoms with van der Waals surface area (Å²) in [6, 6.07) is 20.1. The number of benzene rings is 3. The maximum atomic E-state index is 12.9. The number of anilines is 1. The molecule has 0 aliphatic heterocycles. The number of nitrogens with zero attached hydrogens (tertiary/aromatic N) is 1. The van der Waals surface area contributed by atoms with Gasteiger partial charge in [-0.25, -0.2) is 4.39 Å². The third-order valence-corrected chi connectivity index (χ3v) is 3.79.